The third-order valence-electron chi connectivity index (χ3n) is 3.37. The Morgan fingerprint density at radius 1 is 0.900 bits per heavy atom. The fourth-order valence-corrected chi connectivity index (χ4v) is 2.20. The number of nitrogens with two attached hydrogens (primary N) is 1. The van der Waals surface area contributed by atoms with E-state index in [1.807, 2.05) is 30.3 Å². The Morgan fingerprint density at radius 3 is 2.40 bits per heavy atom. The van der Waals surface area contributed by atoms with Crippen molar-refractivity contribution in [3.05, 3.63) is 48.5 Å². The summed E-state index contributed by atoms with van der Waals surface area (Å²) in [6.45, 7) is 2.95. The van der Waals surface area contributed by atoms with Crippen molar-refractivity contribution in [2.24, 2.45) is 0 Å². The first-order valence-electron chi connectivity index (χ1n) is 7.39. The summed E-state index contributed by atoms with van der Waals surface area (Å²) in [6, 6.07) is 16.3. The molecule has 0 heterocycles. The lowest BCUT2D eigenvalue weighted by Gasteiger charge is -2.10. The van der Waals surface area contributed by atoms with Gasteiger partial charge in [0.05, 0.1) is 12.3 Å². The van der Waals surface area contributed by atoms with Crippen molar-refractivity contribution in [2.45, 2.75) is 32.6 Å². The fourth-order valence-electron chi connectivity index (χ4n) is 2.20. The predicted molar refractivity (Wildman–Crippen MR) is 85.9 cm³/mol. The molecular weight excluding hydrogens is 246 g/mol. The second kappa shape index (κ2) is 7.59. The first-order valence-corrected chi connectivity index (χ1v) is 7.39. The molecule has 0 saturated heterocycles. The van der Waals surface area contributed by atoms with Gasteiger partial charge in [-0.3, -0.25) is 0 Å². The van der Waals surface area contributed by atoms with Crippen LogP contribution in [0, 0.1) is 0 Å². The first kappa shape index (κ1) is 14.4. The molecule has 20 heavy (non-hydrogen) atoms. The Labute approximate surface area is 121 Å². The minimum atomic E-state index is 0.710. The molecule has 2 rings (SSSR count). The van der Waals surface area contributed by atoms with Crippen LogP contribution in [-0.2, 0) is 0 Å². The topological polar surface area (TPSA) is 35.2 Å². The Hall–Kier alpha value is -1.96. The number of ether oxygens (including phenoxy) is 1. The molecule has 0 amide bonds. The van der Waals surface area contributed by atoms with Crippen molar-refractivity contribution in [1.29, 1.82) is 0 Å². The molecule has 0 aromatic heterocycles. The van der Waals surface area contributed by atoms with Gasteiger partial charge in [-0.05, 0) is 29.7 Å². The van der Waals surface area contributed by atoms with E-state index >= 15 is 0 Å². The second-order valence-electron chi connectivity index (χ2n) is 5.03. The van der Waals surface area contributed by atoms with Gasteiger partial charge in [-0.1, -0.05) is 62.6 Å². The molecule has 0 aliphatic heterocycles. The zero-order chi connectivity index (χ0) is 14.2. The molecule has 106 valence electrons. The maximum atomic E-state index is 6.07. The maximum Gasteiger partial charge on any atom is 0.142 e. The van der Waals surface area contributed by atoms with Gasteiger partial charge in [0.2, 0.25) is 0 Å². The zero-order valence-corrected chi connectivity index (χ0v) is 12.1. The monoisotopic (exact) mass is 269 g/mol. The van der Waals surface area contributed by atoms with E-state index in [4.69, 9.17) is 10.5 Å². The van der Waals surface area contributed by atoms with Crippen LogP contribution in [0.5, 0.6) is 5.75 Å². The van der Waals surface area contributed by atoms with Gasteiger partial charge < -0.3 is 10.5 Å². The van der Waals surface area contributed by atoms with Crippen LogP contribution in [0.2, 0.25) is 0 Å². The van der Waals surface area contributed by atoms with Crippen molar-refractivity contribution in [1.82, 2.24) is 0 Å². The predicted octanol–water partition coefficient (Wildman–Crippen LogP) is 4.89. The molecule has 2 aromatic rings. The van der Waals surface area contributed by atoms with Gasteiger partial charge in [0.1, 0.15) is 5.75 Å². The highest BCUT2D eigenvalue weighted by molar-refractivity contribution is 5.70. The van der Waals surface area contributed by atoms with Gasteiger partial charge in [-0.2, -0.15) is 0 Å². The molecule has 2 nitrogen and oxygen atoms in total. The van der Waals surface area contributed by atoms with Crippen LogP contribution in [0.15, 0.2) is 48.5 Å². The van der Waals surface area contributed by atoms with Crippen molar-refractivity contribution >= 4 is 5.69 Å². The number of rotatable bonds is 7. The molecule has 2 aromatic carbocycles. The van der Waals surface area contributed by atoms with E-state index in [0.717, 1.165) is 24.3 Å². The molecule has 0 fully saturated rings. The molecule has 0 saturated carbocycles. The van der Waals surface area contributed by atoms with Crippen LogP contribution in [0.3, 0.4) is 0 Å². The lowest BCUT2D eigenvalue weighted by Crippen LogP contribution is -2.00. The normalized spacial score (nSPS) is 10.4. The lowest BCUT2D eigenvalue weighted by molar-refractivity contribution is 0.306. The molecule has 0 radical (unpaired) electrons. The third-order valence-corrected chi connectivity index (χ3v) is 3.37. The molecule has 0 aliphatic carbocycles. The summed E-state index contributed by atoms with van der Waals surface area (Å²) in [5.74, 6) is 0.793. The largest absolute Gasteiger partial charge is 0.491 e. The molecule has 0 atom stereocenters. The van der Waals surface area contributed by atoms with Crippen molar-refractivity contribution in [3.63, 3.8) is 0 Å². The van der Waals surface area contributed by atoms with Crippen LogP contribution in [0.4, 0.5) is 5.69 Å². The van der Waals surface area contributed by atoms with E-state index in [2.05, 4.69) is 25.1 Å². The third kappa shape index (κ3) is 4.02. The Balaban J connectivity index is 1.96. The van der Waals surface area contributed by atoms with Gasteiger partial charge in [-0.15, -0.1) is 0 Å². The average Bonchev–Trinajstić information content (AvgIpc) is 2.49. The quantitative estimate of drug-likeness (QED) is 0.573. The second-order valence-corrected chi connectivity index (χ2v) is 5.03. The highest BCUT2D eigenvalue weighted by Gasteiger charge is 2.03. The smallest absolute Gasteiger partial charge is 0.142 e. The average molecular weight is 269 g/mol. The molecule has 0 aliphatic rings. The summed E-state index contributed by atoms with van der Waals surface area (Å²) in [5, 5.41) is 0. The molecule has 0 bridgehead atoms. The van der Waals surface area contributed by atoms with E-state index in [9.17, 15) is 0 Å². The summed E-state index contributed by atoms with van der Waals surface area (Å²) in [5.41, 5.74) is 9.09. The van der Waals surface area contributed by atoms with E-state index in [1.165, 1.54) is 24.8 Å². The first-order chi connectivity index (χ1) is 9.81. The van der Waals surface area contributed by atoms with Crippen molar-refractivity contribution in [2.75, 3.05) is 12.3 Å². The Morgan fingerprint density at radius 2 is 1.70 bits per heavy atom. The van der Waals surface area contributed by atoms with Gasteiger partial charge in [0, 0.05) is 0 Å². The summed E-state index contributed by atoms with van der Waals surface area (Å²) in [4.78, 5) is 0. The van der Waals surface area contributed by atoms with Crippen LogP contribution < -0.4 is 10.5 Å². The molecule has 0 unspecified atom stereocenters. The van der Waals surface area contributed by atoms with E-state index in [-0.39, 0.29) is 0 Å². The minimum absolute atomic E-state index is 0.710. The molecule has 0 spiro atoms. The number of hydrogen-bond acceptors (Lipinski definition) is 2. The van der Waals surface area contributed by atoms with E-state index < -0.39 is 0 Å². The number of benzene rings is 2. The van der Waals surface area contributed by atoms with Gasteiger partial charge in [-0.25, -0.2) is 0 Å². The SMILES string of the molecule is CCCCCCOc1ccc(-c2ccccc2)cc1N. The highest BCUT2D eigenvalue weighted by Crippen LogP contribution is 2.28. The minimum Gasteiger partial charge on any atom is -0.491 e. The lowest BCUT2D eigenvalue weighted by atomic mass is 10.1. The fraction of sp³-hybridized carbons (Fsp3) is 0.333. The number of unbranched alkanes of at least 4 members (excludes halogenated alkanes) is 3. The Kier molecular flexibility index (Phi) is 5.48. The highest BCUT2D eigenvalue weighted by atomic mass is 16.5. The molecule has 2 heteroatoms. The van der Waals surface area contributed by atoms with Crippen LogP contribution in [-0.4, -0.2) is 6.61 Å². The van der Waals surface area contributed by atoms with E-state index in [1.54, 1.807) is 0 Å². The molecule has 2 N–H and O–H groups in total. The summed E-state index contributed by atoms with van der Waals surface area (Å²) < 4.78 is 5.75. The standard InChI is InChI=1S/C18H23NO/c1-2-3-4-8-13-20-18-12-11-16(14-17(18)19)15-9-6-5-7-10-15/h5-7,9-12,14H,2-4,8,13,19H2,1H3. The van der Waals surface area contributed by atoms with E-state index in [0.29, 0.717) is 5.69 Å². The van der Waals surface area contributed by atoms with Crippen LogP contribution in [0.25, 0.3) is 11.1 Å². The number of anilines is 1. The number of nitrogen functional groups attached to an aromatic ring is 1. The number of hydrogen-bond donors (Lipinski definition) is 1. The van der Waals surface area contributed by atoms with Gasteiger partial charge >= 0.3 is 0 Å². The molecular formula is C18H23NO. The van der Waals surface area contributed by atoms with Crippen molar-refractivity contribution < 1.29 is 4.74 Å². The summed E-state index contributed by atoms with van der Waals surface area (Å²) >= 11 is 0. The Bertz CT molecular complexity index is 522. The van der Waals surface area contributed by atoms with Crippen LogP contribution >= 0.6 is 0 Å². The van der Waals surface area contributed by atoms with Gasteiger partial charge in [0.15, 0.2) is 0 Å². The summed E-state index contributed by atoms with van der Waals surface area (Å²) in [7, 11) is 0. The van der Waals surface area contributed by atoms with Gasteiger partial charge in [0.25, 0.3) is 0 Å². The van der Waals surface area contributed by atoms with Crippen LogP contribution in [0.1, 0.15) is 32.6 Å². The van der Waals surface area contributed by atoms with Crippen molar-refractivity contribution in [3.8, 4) is 16.9 Å². The zero-order valence-electron chi connectivity index (χ0n) is 12.1. The summed E-state index contributed by atoms with van der Waals surface area (Å²) in [6.07, 6.45) is 4.83. The maximum absolute atomic E-state index is 6.07.